The summed E-state index contributed by atoms with van der Waals surface area (Å²) in [7, 11) is 0. The number of halogens is 1. The highest BCUT2D eigenvalue weighted by Crippen LogP contribution is 2.39. The largest absolute Gasteiger partial charge is 0.486 e. The van der Waals surface area contributed by atoms with Crippen LogP contribution in [0.3, 0.4) is 0 Å². The second-order valence-electron chi connectivity index (χ2n) is 6.12. The van der Waals surface area contributed by atoms with Crippen molar-refractivity contribution >= 4 is 0 Å². The van der Waals surface area contributed by atoms with Crippen LogP contribution in [0, 0.1) is 0 Å². The van der Waals surface area contributed by atoms with Gasteiger partial charge in [-0.05, 0) is 62.9 Å². The summed E-state index contributed by atoms with van der Waals surface area (Å²) in [5, 5.41) is 3.47. The monoisotopic (exact) mass is 279 g/mol. The van der Waals surface area contributed by atoms with Gasteiger partial charge in [0.2, 0.25) is 0 Å². The van der Waals surface area contributed by atoms with Crippen molar-refractivity contribution in [2.75, 3.05) is 19.8 Å². The predicted octanol–water partition coefficient (Wildman–Crippen LogP) is 2.96. The maximum absolute atomic E-state index is 14.5. The second-order valence-corrected chi connectivity index (χ2v) is 6.12. The lowest BCUT2D eigenvalue weighted by Crippen LogP contribution is -2.26. The van der Waals surface area contributed by atoms with E-state index in [-0.39, 0.29) is 0 Å². The van der Waals surface area contributed by atoms with Gasteiger partial charge in [-0.3, -0.25) is 0 Å². The molecule has 1 aromatic rings. The van der Waals surface area contributed by atoms with Gasteiger partial charge in [0, 0.05) is 6.04 Å². The molecule has 0 saturated carbocycles. The van der Waals surface area contributed by atoms with Crippen molar-refractivity contribution in [3.05, 3.63) is 23.3 Å². The first-order valence-corrected chi connectivity index (χ1v) is 7.39. The summed E-state index contributed by atoms with van der Waals surface area (Å²) >= 11 is 0. The summed E-state index contributed by atoms with van der Waals surface area (Å²) in [5.41, 5.74) is 0.376. The molecule has 2 heterocycles. The van der Waals surface area contributed by atoms with E-state index >= 15 is 0 Å². The molecular formula is C16H22FNO2. The van der Waals surface area contributed by atoms with Crippen LogP contribution in [0.1, 0.15) is 37.8 Å². The third-order valence-electron chi connectivity index (χ3n) is 4.04. The summed E-state index contributed by atoms with van der Waals surface area (Å²) in [5.74, 6) is 1.41. The predicted molar refractivity (Wildman–Crippen MR) is 76.3 cm³/mol. The second kappa shape index (κ2) is 5.24. The standard InChI is InChI=1S/C16H22FNO2/c1-16(2,17)13-10-15-14(19-6-7-20-15)9-11(13)8-12-4-3-5-18-12/h9-10,12,18H,3-8H2,1-2H3. The fourth-order valence-electron chi connectivity index (χ4n) is 3.05. The van der Waals surface area contributed by atoms with E-state index in [0.29, 0.717) is 25.0 Å². The molecular weight excluding hydrogens is 257 g/mol. The first kappa shape index (κ1) is 13.7. The molecule has 1 unspecified atom stereocenters. The van der Waals surface area contributed by atoms with E-state index in [1.165, 1.54) is 6.42 Å². The third kappa shape index (κ3) is 2.75. The Morgan fingerprint density at radius 3 is 2.55 bits per heavy atom. The van der Waals surface area contributed by atoms with E-state index in [0.717, 1.165) is 36.3 Å². The molecule has 110 valence electrons. The van der Waals surface area contributed by atoms with Gasteiger partial charge in [-0.1, -0.05) is 0 Å². The van der Waals surface area contributed by atoms with Gasteiger partial charge in [0.1, 0.15) is 18.9 Å². The third-order valence-corrected chi connectivity index (χ3v) is 4.04. The zero-order valence-electron chi connectivity index (χ0n) is 12.2. The Bertz CT molecular complexity index is 490. The SMILES string of the molecule is CC(C)(F)c1cc2c(cc1CC1CCCN1)OCCO2. The van der Waals surface area contributed by atoms with Crippen molar-refractivity contribution in [1.29, 1.82) is 0 Å². The summed E-state index contributed by atoms with van der Waals surface area (Å²) in [6.07, 6.45) is 3.20. The normalized spacial score (nSPS) is 22.1. The molecule has 2 aliphatic rings. The van der Waals surface area contributed by atoms with Gasteiger partial charge in [0.15, 0.2) is 11.5 Å². The molecule has 1 saturated heterocycles. The molecule has 0 spiro atoms. The highest BCUT2D eigenvalue weighted by molar-refractivity contribution is 5.50. The lowest BCUT2D eigenvalue weighted by Gasteiger charge is -2.26. The molecule has 1 fully saturated rings. The maximum Gasteiger partial charge on any atom is 0.161 e. The van der Waals surface area contributed by atoms with Gasteiger partial charge in [0.05, 0.1) is 0 Å². The van der Waals surface area contributed by atoms with Crippen LogP contribution in [0.4, 0.5) is 4.39 Å². The fraction of sp³-hybridized carbons (Fsp3) is 0.625. The van der Waals surface area contributed by atoms with E-state index in [9.17, 15) is 4.39 Å². The number of fused-ring (bicyclic) bond motifs is 1. The number of nitrogens with one attached hydrogen (secondary N) is 1. The van der Waals surface area contributed by atoms with Crippen molar-refractivity contribution in [3.63, 3.8) is 0 Å². The number of benzene rings is 1. The summed E-state index contributed by atoms with van der Waals surface area (Å²) in [6.45, 7) is 5.35. The molecule has 1 N–H and O–H groups in total. The van der Waals surface area contributed by atoms with E-state index in [2.05, 4.69) is 5.32 Å². The Balaban J connectivity index is 1.96. The summed E-state index contributed by atoms with van der Waals surface area (Å²) < 4.78 is 25.7. The van der Waals surface area contributed by atoms with Crippen LogP contribution in [0.5, 0.6) is 11.5 Å². The van der Waals surface area contributed by atoms with Crippen LogP contribution in [0.2, 0.25) is 0 Å². The van der Waals surface area contributed by atoms with Crippen molar-refractivity contribution in [3.8, 4) is 11.5 Å². The lowest BCUT2D eigenvalue weighted by atomic mass is 9.90. The first-order valence-electron chi connectivity index (χ1n) is 7.39. The van der Waals surface area contributed by atoms with E-state index in [4.69, 9.17) is 9.47 Å². The molecule has 2 aliphatic heterocycles. The van der Waals surface area contributed by atoms with E-state index in [1.54, 1.807) is 13.8 Å². The number of ether oxygens (including phenoxy) is 2. The van der Waals surface area contributed by atoms with Crippen LogP contribution >= 0.6 is 0 Å². The van der Waals surface area contributed by atoms with Gasteiger partial charge >= 0.3 is 0 Å². The Labute approximate surface area is 119 Å². The quantitative estimate of drug-likeness (QED) is 0.922. The zero-order valence-corrected chi connectivity index (χ0v) is 12.2. The smallest absolute Gasteiger partial charge is 0.161 e. The van der Waals surface area contributed by atoms with Gasteiger partial charge in [-0.15, -0.1) is 0 Å². The number of rotatable bonds is 3. The molecule has 1 aromatic carbocycles. The Hall–Kier alpha value is -1.29. The van der Waals surface area contributed by atoms with Crippen LogP contribution in [0.25, 0.3) is 0 Å². The summed E-state index contributed by atoms with van der Waals surface area (Å²) in [4.78, 5) is 0. The van der Waals surface area contributed by atoms with Crippen molar-refractivity contribution in [2.45, 2.75) is 44.8 Å². The minimum Gasteiger partial charge on any atom is -0.486 e. The first-order chi connectivity index (χ1) is 9.54. The van der Waals surface area contributed by atoms with E-state index < -0.39 is 5.67 Å². The molecule has 1 atom stereocenters. The van der Waals surface area contributed by atoms with Crippen LogP contribution < -0.4 is 14.8 Å². The van der Waals surface area contributed by atoms with Gasteiger partial charge in [0.25, 0.3) is 0 Å². The molecule has 0 amide bonds. The van der Waals surface area contributed by atoms with E-state index in [1.807, 2.05) is 12.1 Å². The zero-order chi connectivity index (χ0) is 14.2. The maximum atomic E-state index is 14.5. The highest BCUT2D eigenvalue weighted by atomic mass is 19.1. The number of alkyl halides is 1. The Morgan fingerprint density at radius 2 is 1.95 bits per heavy atom. The molecule has 20 heavy (non-hydrogen) atoms. The van der Waals surface area contributed by atoms with Gasteiger partial charge < -0.3 is 14.8 Å². The average molecular weight is 279 g/mol. The highest BCUT2D eigenvalue weighted by Gasteiger charge is 2.28. The average Bonchev–Trinajstić information content (AvgIpc) is 2.89. The molecule has 3 rings (SSSR count). The van der Waals surface area contributed by atoms with Crippen molar-refractivity contribution < 1.29 is 13.9 Å². The summed E-state index contributed by atoms with van der Waals surface area (Å²) in [6, 6.07) is 4.22. The van der Waals surface area contributed by atoms with Crippen LogP contribution in [0.15, 0.2) is 12.1 Å². The van der Waals surface area contributed by atoms with Crippen LogP contribution in [-0.2, 0) is 12.1 Å². The Kier molecular flexibility index (Phi) is 3.59. The molecule has 4 heteroatoms. The van der Waals surface area contributed by atoms with Crippen molar-refractivity contribution in [2.24, 2.45) is 0 Å². The minimum absolute atomic E-state index is 0.443. The molecule has 0 aromatic heterocycles. The lowest BCUT2D eigenvalue weighted by molar-refractivity contribution is 0.168. The van der Waals surface area contributed by atoms with Crippen molar-refractivity contribution in [1.82, 2.24) is 5.32 Å². The number of hydrogen-bond donors (Lipinski definition) is 1. The number of hydrogen-bond acceptors (Lipinski definition) is 3. The van der Waals surface area contributed by atoms with Gasteiger partial charge in [-0.25, -0.2) is 4.39 Å². The van der Waals surface area contributed by atoms with Gasteiger partial charge in [-0.2, -0.15) is 0 Å². The fourth-order valence-corrected chi connectivity index (χ4v) is 3.05. The molecule has 3 nitrogen and oxygen atoms in total. The topological polar surface area (TPSA) is 30.5 Å². The molecule has 0 aliphatic carbocycles. The molecule has 0 bridgehead atoms. The minimum atomic E-state index is -1.37. The van der Waals surface area contributed by atoms with Crippen LogP contribution in [-0.4, -0.2) is 25.8 Å². The molecule has 0 radical (unpaired) electrons. The Morgan fingerprint density at radius 1 is 1.25 bits per heavy atom.